The quantitative estimate of drug-likeness (QED) is 0.0322. The minimum atomic E-state index is -0.796. The number of nitrogens with one attached hydrogen (secondary N) is 1. The van der Waals surface area contributed by atoms with Gasteiger partial charge in [-0.15, -0.1) is 0 Å². The summed E-state index contributed by atoms with van der Waals surface area (Å²) in [6.07, 6.45) is 58.5. The van der Waals surface area contributed by atoms with Crippen LogP contribution >= 0.6 is 0 Å². The van der Waals surface area contributed by atoms with E-state index in [1.807, 2.05) is 0 Å². The molecule has 60 heavy (non-hydrogen) atoms. The molecule has 0 aliphatic heterocycles. The first-order valence-electron chi connectivity index (χ1n) is 25.5. The van der Waals surface area contributed by atoms with Crippen LogP contribution < -0.4 is 5.32 Å². The van der Waals surface area contributed by atoms with Crippen LogP contribution in [0.2, 0.25) is 0 Å². The molecule has 0 aromatic rings. The fourth-order valence-electron chi connectivity index (χ4n) is 7.47. The van der Waals surface area contributed by atoms with Gasteiger partial charge in [-0.2, -0.15) is 0 Å². The number of allylic oxidation sites excluding steroid dienone is 10. The van der Waals surface area contributed by atoms with Crippen molar-refractivity contribution in [2.24, 2.45) is 0 Å². The van der Waals surface area contributed by atoms with E-state index in [0.29, 0.717) is 19.3 Å². The lowest BCUT2D eigenvalue weighted by Crippen LogP contribution is -2.46. The molecule has 6 heteroatoms. The summed E-state index contributed by atoms with van der Waals surface area (Å²) in [5, 5.41) is 23.7. The predicted molar refractivity (Wildman–Crippen MR) is 259 cm³/mol. The fraction of sp³-hybridized carbons (Fsp3) is 0.778. The summed E-state index contributed by atoms with van der Waals surface area (Å²) in [7, 11) is 0. The van der Waals surface area contributed by atoms with Gasteiger partial charge in [-0.05, 0) is 89.9 Å². The molecule has 1 amide bonds. The molecule has 0 saturated heterocycles. The Morgan fingerprint density at radius 1 is 0.500 bits per heavy atom. The van der Waals surface area contributed by atoms with Gasteiger partial charge in [-0.25, -0.2) is 0 Å². The van der Waals surface area contributed by atoms with Gasteiger partial charge in [0.15, 0.2) is 0 Å². The van der Waals surface area contributed by atoms with E-state index in [4.69, 9.17) is 4.74 Å². The number of carbonyl (C=O) groups is 2. The molecule has 0 aromatic heterocycles. The maximum atomic E-state index is 13.2. The lowest BCUT2D eigenvalue weighted by Gasteiger charge is -2.24. The van der Waals surface area contributed by atoms with Crippen LogP contribution in [0, 0.1) is 0 Å². The van der Waals surface area contributed by atoms with Crippen LogP contribution in [0.15, 0.2) is 60.8 Å². The number of unbranched alkanes of at least 4 members (excludes halogenated alkanes) is 23. The van der Waals surface area contributed by atoms with Crippen molar-refractivity contribution in [2.45, 2.75) is 264 Å². The summed E-state index contributed by atoms with van der Waals surface area (Å²) in [4.78, 5) is 26.1. The lowest BCUT2D eigenvalue weighted by atomic mass is 10.0. The lowest BCUT2D eigenvalue weighted by molar-refractivity contribution is -0.151. The number of amides is 1. The zero-order valence-electron chi connectivity index (χ0n) is 39.6. The molecule has 0 aliphatic rings. The zero-order valence-corrected chi connectivity index (χ0v) is 39.6. The monoisotopic (exact) mass is 840 g/mol. The highest BCUT2D eigenvalue weighted by Crippen LogP contribution is 2.17. The number of ether oxygens (including phenoxy) is 1. The molecule has 0 fully saturated rings. The SMILES string of the molecule is CC/C=C/C/C=C/C/C=C/C/C=C/CCCCCC(=O)OC(CCCCCCC/C=C\CCCCCC)CC(=O)NC(CO)C(O)CCCCCCCCCCCCCC. The van der Waals surface area contributed by atoms with E-state index in [0.717, 1.165) is 96.3 Å². The van der Waals surface area contributed by atoms with Gasteiger partial charge in [0.1, 0.15) is 6.10 Å². The Morgan fingerprint density at radius 2 is 0.900 bits per heavy atom. The fourth-order valence-corrected chi connectivity index (χ4v) is 7.47. The smallest absolute Gasteiger partial charge is 0.306 e. The molecule has 3 N–H and O–H groups in total. The first-order valence-corrected chi connectivity index (χ1v) is 25.5. The van der Waals surface area contributed by atoms with Crippen LogP contribution in [-0.2, 0) is 14.3 Å². The predicted octanol–water partition coefficient (Wildman–Crippen LogP) is 15.2. The van der Waals surface area contributed by atoms with Crippen LogP contribution in [-0.4, -0.2) is 46.9 Å². The molecule has 0 radical (unpaired) electrons. The maximum Gasteiger partial charge on any atom is 0.306 e. The Bertz CT molecular complexity index is 1080. The third-order valence-electron chi connectivity index (χ3n) is 11.3. The van der Waals surface area contributed by atoms with Gasteiger partial charge in [0, 0.05) is 6.42 Å². The summed E-state index contributed by atoms with van der Waals surface area (Å²) < 4.78 is 5.91. The average Bonchev–Trinajstić information content (AvgIpc) is 3.24. The van der Waals surface area contributed by atoms with Crippen molar-refractivity contribution in [1.82, 2.24) is 5.32 Å². The summed E-state index contributed by atoms with van der Waals surface area (Å²) in [5.41, 5.74) is 0. The van der Waals surface area contributed by atoms with E-state index in [1.54, 1.807) is 0 Å². The number of hydrogen-bond acceptors (Lipinski definition) is 5. The van der Waals surface area contributed by atoms with Crippen molar-refractivity contribution in [2.75, 3.05) is 6.61 Å². The van der Waals surface area contributed by atoms with E-state index in [-0.39, 0.29) is 24.9 Å². The highest BCUT2D eigenvalue weighted by molar-refractivity contribution is 5.77. The Morgan fingerprint density at radius 3 is 1.40 bits per heavy atom. The van der Waals surface area contributed by atoms with Crippen molar-refractivity contribution < 1.29 is 24.5 Å². The van der Waals surface area contributed by atoms with E-state index in [1.165, 1.54) is 103 Å². The largest absolute Gasteiger partial charge is 0.462 e. The van der Waals surface area contributed by atoms with E-state index in [2.05, 4.69) is 86.8 Å². The van der Waals surface area contributed by atoms with Crippen molar-refractivity contribution >= 4 is 11.9 Å². The van der Waals surface area contributed by atoms with Gasteiger partial charge in [0.2, 0.25) is 5.91 Å². The van der Waals surface area contributed by atoms with Crippen molar-refractivity contribution in [3.05, 3.63) is 60.8 Å². The minimum absolute atomic E-state index is 0.0580. The molecule has 0 rings (SSSR count). The Kier molecular flexibility index (Phi) is 45.7. The summed E-state index contributed by atoms with van der Waals surface area (Å²) in [6, 6.07) is -0.711. The van der Waals surface area contributed by atoms with E-state index in [9.17, 15) is 19.8 Å². The van der Waals surface area contributed by atoms with E-state index < -0.39 is 18.2 Å². The minimum Gasteiger partial charge on any atom is -0.462 e. The molecule has 0 aliphatic carbocycles. The van der Waals surface area contributed by atoms with Gasteiger partial charge >= 0.3 is 5.97 Å². The summed E-state index contributed by atoms with van der Waals surface area (Å²) in [5.74, 6) is -0.517. The number of hydrogen-bond donors (Lipinski definition) is 3. The molecular formula is C54H97NO5. The zero-order chi connectivity index (χ0) is 43.8. The van der Waals surface area contributed by atoms with Gasteiger partial charge in [0.05, 0.1) is 25.2 Å². The Hall–Kier alpha value is -2.44. The molecule has 0 spiro atoms. The van der Waals surface area contributed by atoms with Crippen LogP contribution in [0.25, 0.3) is 0 Å². The molecule has 0 heterocycles. The van der Waals surface area contributed by atoms with Crippen LogP contribution in [0.1, 0.15) is 245 Å². The molecule has 0 bridgehead atoms. The Labute approximate surface area is 371 Å². The molecular weight excluding hydrogens is 743 g/mol. The molecule has 348 valence electrons. The van der Waals surface area contributed by atoms with Crippen LogP contribution in [0.5, 0.6) is 0 Å². The van der Waals surface area contributed by atoms with Crippen LogP contribution in [0.4, 0.5) is 0 Å². The third kappa shape index (κ3) is 42.3. The number of esters is 1. The van der Waals surface area contributed by atoms with E-state index >= 15 is 0 Å². The van der Waals surface area contributed by atoms with Gasteiger partial charge in [-0.3, -0.25) is 9.59 Å². The normalized spacial score (nSPS) is 13.8. The molecule has 6 nitrogen and oxygen atoms in total. The number of carbonyl (C=O) groups excluding carboxylic acids is 2. The van der Waals surface area contributed by atoms with Gasteiger partial charge in [-0.1, -0.05) is 204 Å². The highest BCUT2D eigenvalue weighted by atomic mass is 16.5. The first-order chi connectivity index (χ1) is 29.5. The van der Waals surface area contributed by atoms with Gasteiger partial charge in [0.25, 0.3) is 0 Å². The molecule has 0 saturated carbocycles. The Balaban J connectivity index is 4.64. The topological polar surface area (TPSA) is 95.9 Å². The first kappa shape index (κ1) is 57.6. The summed E-state index contributed by atoms with van der Waals surface area (Å²) >= 11 is 0. The second kappa shape index (κ2) is 47.6. The average molecular weight is 840 g/mol. The van der Waals surface area contributed by atoms with Crippen molar-refractivity contribution in [3.63, 3.8) is 0 Å². The molecule has 3 unspecified atom stereocenters. The number of rotatable bonds is 45. The number of aliphatic hydroxyl groups is 2. The van der Waals surface area contributed by atoms with Crippen molar-refractivity contribution in [3.8, 4) is 0 Å². The summed E-state index contributed by atoms with van der Waals surface area (Å²) in [6.45, 7) is 6.34. The maximum absolute atomic E-state index is 13.2. The van der Waals surface area contributed by atoms with Crippen LogP contribution in [0.3, 0.4) is 0 Å². The van der Waals surface area contributed by atoms with Gasteiger partial charge < -0.3 is 20.3 Å². The third-order valence-corrected chi connectivity index (χ3v) is 11.3. The second-order valence-electron chi connectivity index (χ2n) is 17.2. The molecule has 3 atom stereocenters. The molecule has 0 aromatic carbocycles. The number of aliphatic hydroxyl groups excluding tert-OH is 2. The second-order valence-corrected chi connectivity index (χ2v) is 17.2. The van der Waals surface area contributed by atoms with Crippen molar-refractivity contribution in [1.29, 1.82) is 0 Å². The highest BCUT2D eigenvalue weighted by Gasteiger charge is 2.24. The standard InChI is InChI=1S/C54H97NO5/c1-4-7-10-13-16-19-22-25-26-27-29-32-35-38-41-44-47-54(59)60-50(45-42-39-36-33-30-28-23-20-17-14-11-8-5-2)48-53(58)55-51(49-56)52(57)46-43-40-37-34-31-24-21-18-15-12-9-6-3/h7,10,16,19-20,23,25-26,29,32,50-52,56-57H,4-6,8-9,11-15,17-18,21-22,24,27-28,30-31,33-49H2,1-3H3,(H,55,58)/b10-7+,19-16+,23-20-,26-25+,32-29+.